The molecule has 1 unspecified atom stereocenters. The molecule has 2 rings (SSSR count). The van der Waals surface area contributed by atoms with Gasteiger partial charge in [-0.1, -0.05) is 23.7 Å². The summed E-state index contributed by atoms with van der Waals surface area (Å²) < 4.78 is 1.72. The average molecular weight is 266 g/mol. The van der Waals surface area contributed by atoms with Gasteiger partial charge in [0.2, 0.25) is 0 Å². The van der Waals surface area contributed by atoms with Crippen molar-refractivity contribution in [2.75, 3.05) is 0 Å². The molecular weight excluding hydrogens is 250 g/mol. The molecule has 0 amide bonds. The fourth-order valence-corrected chi connectivity index (χ4v) is 1.96. The van der Waals surface area contributed by atoms with Gasteiger partial charge < -0.3 is 5.11 Å². The molecule has 0 aliphatic heterocycles. The predicted octanol–water partition coefficient (Wildman–Crippen LogP) is 2.90. The summed E-state index contributed by atoms with van der Waals surface area (Å²) in [5.41, 5.74) is 1.70. The fourth-order valence-electron chi connectivity index (χ4n) is 1.84. The number of hydrogen-bond acceptors (Lipinski definition) is 3. The lowest BCUT2D eigenvalue weighted by Crippen LogP contribution is -2.13. The van der Waals surface area contributed by atoms with E-state index in [9.17, 15) is 5.11 Å². The summed E-state index contributed by atoms with van der Waals surface area (Å²) in [4.78, 5) is 4.13. The molecule has 1 aromatic carbocycles. The Kier molecular flexibility index (Phi) is 3.68. The number of aliphatic hydroxyl groups excluding tert-OH is 1. The summed E-state index contributed by atoms with van der Waals surface area (Å²) in [5.74, 6) is 0.548. The first-order chi connectivity index (χ1) is 8.50. The van der Waals surface area contributed by atoms with Gasteiger partial charge in [0.1, 0.15) is 12.4 Å². The monoisotopic (exact) mass is 265 g/mol. The highest BCUT2D eigenvalue weighted by molar-refractivity contribution is 6.31. The van der Waals surface area contributed by atoms with Crippen LogP contribution in [-0.4, -0.2) is 19.9 Å². The van der Waals surface area contributed by atoms with Crippen molar-refractivity contribution in [3.63, 3.8) is 0 Å². The molecule has 4 nitrogen and oxygen atoms in total. The van der Waals surface area contributed by atoms with Gasteiger partial charge in [0.25, 0.3) is 0 Å². The summed E-state index contributed by atoms with van der Waals surface area (Å²) in [6.07, 6.45) is 0.673. The molecule has 96 valence electrons. The Morgan fingerprint density at radius 2 is 2.06 bits per heavy atom. The van der Waals surface area contributed by atoms with Gasteiger partial charge in [-0.15, -0.1) is 0 Å². The van der Waals surface area contributed by atoms with Crippen molar-refractivity contribution >= 4 is 11.6 Å². The fraction of sp³-hybridized carbons (Fsp3) is 0.385. The molecule has 0 aliphatic rings. The molecule has 0 saturated carbocycles. The van der Waals surface area contributed by atoms with Crippen LogP contribution in [0.15, 0.2) is 24.5 Å². The molecular formula is C13H16ClN3O. The third-order valence-corrected chi connectivity index (χ3v) is 3.26. The Labute approximate surface area is 111 Å². The van der Waals surface area contributed by atoms with Crippen LogP contribution in [0.4, 0.5) is 0 Å². The van der Waals surface area contributed by atoms with Crippen LogP contribution in [0.25, 0.3) is 0 Å². The van der Waals surface area contributed by atoms with Gasteiger partial charge in [-0.05, 0) is 38.0 Å². The van der Waals surface area contributed by atoms with E-state index in [1.807, 2.05) is 26.8 Å². The topological polar surface area (TPSA) is 50.9 Å². The molecule has 0 fully saturated rings. The molecule has 0 radical (unpaired) electrons. The maximum atomic E-state index is 10.4. The molecule has 0 bridgehead atoms. The van der Waals surface area contributed by atoms with Crippen molar-refractivity contribution in [2.45, 2.75) is 32.9 Å². The van der Waals surface area contributed by atoms with Crippen LogP contribution >= 0.6 is 11.6 Å². The van der Waals surface area contributed by atoms with E-state index in [0.29, 0.717) is 10.8 Å². The third-order valence-electron chi connectivity index (χ3n) is 2.83. The van der Waals surface area contributed by atoms with E-state index in [2.05, 4.69) is 10.1 Å². The third kappa shape index (κ3) is 2.40. The Balaban J connectivity index is 2.38. The van der Waals surface area contributed by atoms with Crippen molar-refractivity contribution in [1.29, 1.82) is 0 Å². The van der Waals surface area contributed by atoms with Crippen LogP contribution in [-0.2, 0) is 0 Å². The number of aromatic nitrogens is 3. The highest BCUT2D eigenvalue weighted by Gasteiger charge is 2.19. The molecule has 1 atom stereocenters. The zero-order chi connectivity index (χ0) is 13.3. The summed E-state index contributed by atoms with van der Waals surface area (Å²) >= 11 is 5.98. The summed E-state index contributed by atoms with van der Waals surface area (Å²) in [6, 6.07) is 5.61. The number of rotatable bonds is 3. The molecule has 2 aromatic rings. The van der Waals surface area contributed by atoms with E-state index in [4.69, 9.17) is 11.6 Å². The van der Waals surface area contributed by atoms with Crippen LogP contribution in [0, 0.1) is 6.92 Å². The molecule has 18 heavy (non-hydrogen) atoms. The first-order valence-electron chi connectivity index (χ1n) is 5.84. The number of hydrogen-bond donors (Lipinski definition) is 1. The number of benzene rings is 1. The predicted molar refractivity (Wildman–Crippen MR) is 70.7 cm³/mol. The highest BCUT2D eigenvalue weighted by Crippen LogP contribution is 2.25. The zero-order valence-electron chi connectivity index (χ0n) is 10.6. The minimum atomic E-state index is -0.786. The summed E-state index contributed by atoms with van der Waals surface area (Å²) in [5, 5.41) is 15.2. The average Bonchev–Trinajstić information content (AvgIpc) is 2.81. The standard InChI is InChI=1S/C13H16ClN3O/c1-8(2)17-13(15-7-16-17)12(18)10-4-5-11(14)9(3)6-10/h4-8,12,18H,1-3H3. The molecule has 1 N–H and O–H groups in total. The largest absolute Gasteiger partial charge is 0.380 e. The van der Waals surface area contributed by atoms with E-state index >= 15 is 0 Å². The number of halogens is 1. The Hall–Kier alpha value is -1.39. The quantitative estimate of drug-likeness (QED) is 0.928. The number of aryl methyl sites for hydroxylation is 1. The SMILES string of the molecule is Cc1cc(C(O)c2ncnn2C(C)C)ccc1Cl. The second-order valence-electron chi connectivity index (χ2n) is 4.57. The van der Waals surface area contributed by atoms with Crippen LogP contribution < -0.4 is 0 Å². The molecule has 1 aromatic heterocycles. The van der Waals surface area contributed by atoms with Gasteiger partial charge in [-0.2, -0.15) is 5.10 Å². The molecule has 1 heterocycles. The molecule has 0 spiro atoms. The van der Waals surface area contributed by atoms with E-state index in [0.717, 1.165) is 11.1 Å². The minimum absolute atomic E-state index is 0.158. The lowest BCUT2D eigenvalue weighted by molar-refractivity contribution is 0.199. The summed E-state index contributed by atoms with van der Waals surface area (Å²) in [6.45, 7) is 5.90. The maximum absolute atomic E-state index is 10.4. The first kappa shape index (κ1) is 13.1. The van der Waals surface area contributed by atoms with E-state index in [1.54, 1.807) is 16.8 Å². The second-order valence-corrected chi connectivity index (χ2v) is 4.97. The van der Waals surface area contributed by atoms with Gasteiger partial charge in [0.15, 0.2) is 5.82 Å². The summed E-state index contributed by atoms with van der Waals surface area (Å²) in [7, 11) is 0. The number of aliphatic hydroxyl groups is 1. The van der Waals surface area contributed by atoms with Crippen molar-refractivity contribution in [1.82, 2.24) is 14.8 Å². The van der Waals surface area contributed by atoms with E-state index < -0.39 is 6.10 Å². The Morgan fingerprint density at radius 1 is 1.33 bits per heavy atom. The zero-order valence-corrected chi connectivity index (χ0v) is 11.4. The minimum Gasteiger partial charge on any atom is -0.380 e. The van der Waals surface area contributed by atoms with Gasteiger partial charge in [0.05, 0.1) is 0 Å². The highest BCUT2D eigenvalue weighted by atomic mass is 35.5. The van der Waals surface area contributed by atoms with Crippen LogP contribution in [0.5, 0.6) is 0 Å². The molecule has 5 heteroatoms. The Morgan fingerprint density at radius 3 is 2.67 bits per heavy atom. The number of nitrogens with zero attached hydrogens (tertiary/aromatic N) is 3. The normalized spacial score (nSPS) is 13.0. The lowest BCUT2D eigenvalue weighted by atomic mass is 10.1. The lowest BCUT2D eigenvalue weighted by Gasteiger charge is -2.15. The smallest absolute Gasteiger partial charge is 0.160 e. The van der Waals surface area contributed by atoms with E-state index in [-0.39, 0.29) is 6.04 Å². The second kappa shape index (κ2) is 5.08. The van der Waals surface area contributed by atoms with Gasteiger partial charge in [-0.25, -0.2) is 9.67 Å². The first-order valence-corrected chi connectivity index (χ1v) is 6.22. The van der Waals surface area contributed by atoms with Crippen molar-refractivity contribution in [3.05, 3.63) is 46.5 Å². The van der Waals surface area contributed by atoms with Gasteiger partial charge in [0, 0.05) is 11.1 Å². The maximum Gasteiger partial charge on any atom is 0.160 e. The molecule has 0 saturated heterocycles. The van der Waals surface area contributed by atoms with Crippen LogP contribution in [0.3, 0.4) is 0 Å². The van der Waals surface area contributed by atoms with Gasteiger partial charge >= 0.3 is 0 Å². The van der Waals surface area contributed by atoms with Crippen LogP contribution in [0.1, 0.15) is 42.9 Å². The van der Waals surface area contributed by atoms with Gasteiger partial charge in [-0.3, -0.25) is 0 Å². The van der Waals surface area contributed by atoms with Crippen molar-refractivity contribution < 1.29 is 5.11 Å². The molecule has 0 aliphatic carbocycles. The van der Waals surface area contributed by atoms with Crippen molar-refractivity contribution in [2.24, 2.45) is 0 Å². The van der Waals surface area contributed by atoms with Crippen molar-refractivity contribution in [3.8, 4) is 0 Å². The van der Waals surface area contributed by atoms with E-state index in [1.165, 1.54) is 6.33 Å². The van der Waals surface area contributed by atoms with Crippen LogP contribution in [0.2, 0.25) is 5.02 Å². The Bertz CT molecular complexity index is 551.